The Labute approximate surface area is 248 Å². The number of ether oxygens (including phenoxy) is 1. The van der Waals surface area contributed by atoms with Gasteiger partial charge in [-0.25, -0.2) is 15.1 Å². The Morgan fingerprint density at radius 2 is 1.95 bits per heavy atom. The highest BCUT2D eigenvalue weighted by molar-refractivity contribution is 6.00. The number of piperidine rings is 1. The van der Waals surface area contributed by atoms with Crippen molar-refractivity contribution in [3.05, 3.63) is 29.8 Å². The lowest BCUT2D eigenvalue weighted by molar-refractivity contribution is -0.173. The van der Waals surface area contributed by atoms with Crippen LogP contribution in [0.15, 0.2) is 29.3 Å². The molecule has 0 spiro atoms. The molecule has 1 fully saturated rings. The number of nitrogens with one attached hydrogen (secondary N) is 4. The van der Waals surface area contributed by atoms with Gasteiger partial charge in [0.1, 0.15) is 24.4 Å². The van der Waals surface area contributed by atoms with Gasteiger partial charge in [0.25, 0.3) is 5.91 Å². The van der Waals surface area contributed by atoms with E-state index in [0.717, 1.165) is 0 Å². The van der Waals surface area contributed by atoms with E-state index in [0.29, 0.717) is 28.5 Å². The predicted octanol–water partition coefficient (Wildman–Crippen LogP) is -1.37. The van der Waals surface area contributed by atoms with Gasteiger partial charge in [0.2, 0.25) is 29.5 Å². The number of aromatic hydroxyl groups is 1. The van der Waals surface area contributed by atoms with Gasteiger partial charge in [-0.05, 0) is 51.8 Å². The minimum atomic E-state index is -0.939. The first-order valence-electron chi connectivity index (χ1n) is 14.1. The Hall–Kier alpha value is -4.28. The van der Waals surface area contributed by atoms with Crippen LogP contribution in [-0.4, -0.2) is 119 Å². The van der Waals surface area contributed by atoms with Crippen LogP contribution in [0.2, 0.25) is 0 Å². The lowest BCUT2D eigenvalue weighted by atomic mass is 10.0. The zero-order chi connectivity index (χ0) is 31.5. The zero-order valence-corrected chi connectivity index (χ0v) is 24.1. The lowest BCUT2D eigenvalue weighted by Gasteiger charge is -2.29. The fourth-order valence-electron chi connectivity index (χ4n) is 4.50. The van der Waals surface area contributed by atoms with Crippen molar-refractivity contribution >= 4 is 35.4 Å². The SMILES string of the molecule is CNC(CCCN(O)C(=O)CCNC(=O)C(C)NC(=O)C1COC(c2ccccc2O)=N1)C(=O)NC1CCCN(O)C1=O. The number of hydroxylamine groups is 4. The molecule has 5 amide bonds. The number of benzene rings is 1. The predicted molar refractivity (Wildman–Crippen MR) is 150 cm³/mol. The number of phenolic OH excluding ortho intramolecular Hbond substituents is 1. The van der Waals surface area contributed by atoms with Gasteiger partial charge in [-0.15, -0.1) is 0 Å². The van der Waals surface area contributed by atoms with Gasteiger partial charge in [0, 0.05) is 26.1 Å². The Bertz CT molecular complexity index is 1210. The second-order valence-electron chi connectivity index (χ2n) is 10.2. The van der Waals surface area contributed by atoms with Gasteiger partial charge in [0.05, 0.1) is 11.6 Å². The van der Waals surface area contributed by atoms with Crippen LogP contribution in [0.25, 0.3) is 0 Å². The summed E-state index contributed by atoms with van der Waals surface area (Å²) >= 11 is 0. The fraction of sp³-hybridized carbons (Fsp3) is 0.556. The maximum absolute atomic E-state index is 12.5. The number of amides is 5. The van der Waals surface area contributed by atoms with Crippen LogP contribution in [0.4, 0.5) is 0 Å². The largest absolute Gasteiger partial charge is 0.507 e. The first-order valence-corrected chi connectivity index (χ1v) is 14.1. The summed E-state index contributed by atoms with van der Waals surface area (Å²) in [5, 5.41) is 41.2. The van der Waals surface area contributed by atoms with Gasteiger partial charge in [-0.2, -0.15) is 0 Å². The molecule has 0 aliphatic carbocycles. The molecule has 0 radical (unpaired) electrons. The molecule has 2 aliphatic rings. The third kappa shape index (κ3) is 9.36. The van der Waals surface area contributed by atoms with Crippen LogP contribution in [-0.2, 0) is 28.7 Å². The third-order valence-electron chi connectivity index (χ3n) is 7.03. The number of carbonyl (C=O) groups is 5. The number of nitrogens with zero attached hydrogens (tertiary/aromatic N) is 3. The number of aliphatic imine (C=N–C) groups is 1. The van der Waals surface area contributed by atoms with E-state index in [2.05, 4.69) is 26.3 Å². The number of phenols is 1. The van der Waals surface area contributed by atoms with Crippen molar-refractivity contribution in [3.8, 4) is 5.75 Å². The average Bonchev–Trinajstić information content (AvgIpc) is 3.48. The topological polar surface area (TPSA) is 222 Å². The zero-order valence-electron chi connectivity index (χ0n) is 24.1. The molecule has 1 saturated heterocycles. The number of hydrogen-bond acceptors (Lipinski definition) is 11. The van der Waals surface area contributed by atoms with Gasteiger partial charge in [-0.3, -0.25) is 34.4 Å². The van der Waals surface area contributed by atoms with Crippen LogP contribution in [0.1, 0.15) is 44.6 Å². The van der Waals surface area contributed by atoms with E-state index in [4.69, 9.17) is 4.74 Å². The average molecular weight is 606 g/mol. The minimum absolute atomic E-state index is 0.0370. The molecular formula is C27H39N7O9. The lowest BCUT2D eigenvalue weighted by Crippen LogP contribution is -2.54. The summed E-state index contributed by atoms with van der Waals surface area (Å²) in [5.74, 6) is -2.64. The van der Waals surface area contributed by atoms with E-state index in [9.17, 15) is 39.5 Å². The highest BCUT2D eigenvalue weighted by atomic mass is 16.5. The fourth-order valence-corrected chi connectivity index (χ4v) is 4.50. The van der Waals surface area contributed by atoms with Crippen molar-refractivity contribution < 1.29 is 44.2 Å². The summed E-state index contributed by atoms with van der Waals surface area (Å²) in [7, 11) is 1.57. The van der Waals surface area contributed by atoms with Crippen molar-refractivity contribution in [1.29, 1.82) is 0 Å². The normalized spacial score (nSPS) is 19.5. The molecule has 0 saturated carbocycles. The summed E-state index contributed by atoms with van der Waals surface area (Å²) < 4.78 is 5.42. The smallest absolute Gasteiger partial charge is 0.268 e. The molecule has 2 aliphatic heterocycles. The van der Waals surface area contributed by atoms with E-state index >= 15 is 0 Å². The van der Waals surface area contributed by atoms with Crippen molar-refractivity contribution in [2.75, 3.05) is 33.3 Å². The van der Waals surface area contributed by atoms with Crippen molar-refractivity contribution in [1.82, 2.24) is 31.4 Å². The third-order valence-corrected chi connectivity index (χ3v) is 7.03. The summed E-state index contributed by atoms with van der Waals surface area (Å²) in [5.41, 5.74) is 0.353. The Morgan fingerprint density at radius 1 is 1.21 bits per heavy atom. The van der Waals surface area contributed by atoms with E-state index in [1.807, 2.05) is 0 Å². The quantitative estimate of drug-likeness (QED) is 0.0974. The van der Waals surface area contributed by atoms with Gasteiger partial charge >= 0.3 is 0 Å². The van der Waals surface area contributed by atoms with Crippen LogP contribution in [0, 0.1) is 0 Å². The number of likely N-dealkylation sites (N-methyl/N-ethyl adjacent to an activating group) is 1. The van der Waals surface area contributed by atoms with Crippen LogP contribution in [0.5, 0.6) is 5.75 Å². The minimum Gasteiger partial charge on any atom is -0.507 e. The van der Waals surface area contributed by atoms with Gasteiger partial charge in [-0.1, -0.05) is 12.1 Å². The van der Waals surface area contributed by atoms with E-state index in [-0.39, 0.29) is 57.2 Å². The van der Waals surface area contributed by atoms with Gasteiger partial charge < -0.3 is 31.1 Å². The molecule has 7 N–H and O–H groups in total. The molecule has 0 bridgehead atoms. The van der Waals surface area contributed by atoms with Crippen LogP contribution < -0.4 is 21.3 Å². The first-order chi connectivity index (χ1) is 20.5. The summed E-state index contributed by atoms with van der Waals surface area (Å²) in [4.78, 5) is 65.9. The molecule has 43 heavy (non-hydrogen) atoms. The first kappa shape index (κ1) is 33.2. The second kappa shape index (κ2) is 15.8. The molecule has 1 aromatic rings. The van der Waals surface area contributed by atoms with E-state index in [1.54, 1.807) is 25.2 Å². The number of carbonyl (C=O) groups excluding carboxylic acids is 5. The van der Waals surface area contributed by atoms with E-state index in [1.165, 1.54) is 13.0 Å². The Morgan fingerprint density at radius 3 is 2.67 bits per heavy atom. The monoisotopic (exact) mass is 605 g/mol. The summed E-state index contributed by atoms with van der Waals surface area (Å²) in [6.07, 6.45) is 1.30. The molecule has 16 heteroatoms. The van der Waals surface area contributed by atoms with Crippen LogP contribution in [0.3, 0.4) is 0 Å². The van der Waals surface area contributed by atoms with E-state index < -0.39 is 53.7 Å². The molecule has 1 aromatic carbocycles. The maximum atomic E-state index is 12.5. The number of hydrogen-bond donors (Lipinski definition) is 7. The van der Waals surface area contributed by atoms with Crippen LogP contribution >= 0.6 is 0 Å². The highest BCUT2D eigenvalue weighted by Gasteiger charge is 2.31. The molecular weight excluding hydrogens is 566 g/mol. The number of para-hydroxylation sites is 1. The number of rotatable bonds is 14. The Kier molecular flexibility index (Phi) is 12.2. The van der Waals surface area contributed by atoms with Crippen molar-refractivity contribution in [3.63, 3.8) is 0 Å². The van der Waals surface area contributed by atoms with Crippen molar-refractivity contribution in [2.45, 2.75) is 63.2 Å². The summed E-state index contributed by atoms with van der Waals surface area (Å²) in [6.45, 7) is 1.48. The standard InChI is InChI=1S/C27H39N7O9/c1-16(30-25(39)20-15-43-26(32-20)17-7-3-4-10-21(17)35)23(37)29-12-11-22(36)33(41)13-5-8-18(28-2)24(38)31-19-9-6-14-34(42)27(19)40/h3-4,7,10,16,18-20,28,35,41-42H,5-6,8-9,11-15H2,1-2H3,(H,29,37)(H,30,39)(H,31,38). The molecule has 236 valence electrons. The molecule has 4 atom stereocenters. The maximum Gasteiger partial charge on any atom is 0.268 e. The molecule has 16 nitrogen and oxygen atoms in total. The molecule has 3 rings (SSSR count). The molecule has 4 unspecified atom stereocenters. The highest BCUT2D eigenvalue weighted by Crippen LogP contribution is 2.21. The van der Waals surface area contributed by atoms with Gasteiger partial charge in [0.15, 0.2) is 6.04 Å². The molecule has 0 aromatic heterocycles. The second-order valence-corrected chi connectivity index (χ2v) is 10.2. The Balaban J connectivity index is 1.33. The van der Waals surface area contributed by atoms with Crippen molar-refractivity contribution in [2.24, 2.45) is 4.99 Å². The molecule has 2 heterocycles. The summed E-state index contributed by atoms with van der Waals surface area (Å²) in [6, 6.07) is 3.08.